The van der Waals surface area contributed by atoms with Gasteiger partial charge in [-0.05, 0) is 18.6 Å². The molecule has 0 atom stereocenters. The SMILES string of the molecule is C=Cc1ccc(F)c(C(=O)N2CCCC(F)(F)C2)c1F. The lowest BCUT2D eigenvalue weighted by atomic mass is 10.0. The number of benzene rings is 1. The molecule has 0 aromatic heterocycles. The van der Waals surface area contributed by atoms with Gasteiger partial charge < -0.3 is 4.90 Å². The van der Waals surface area contributed by atoms with Crippen LogP contribution in [-0.2, 0) is 0 Å². The fourth-order valence-corrected chi connectivity index (χ4v) is 2.22. The molecule has 0 aliphatic carbocycles. The van der Waals surface area contributed by atoms with Gasteiger partial charge in [-0.1, -0.05) is 12.7 Å². The van der Waals surface area contributed by atoms with Gasteiger partial charge in [-0.2, -0.15) is 0 Å². The molecule has 1 aromatic rings. The monoisotopic (exact) mass is 287 g/mol. The summed E-state index contributed by atoms with van der Waals surface area (Å²) in [5.41, 5.74) is -0.849. The Balaban J connectivity index is 2.36. The molecule has 1 saturated heterocycles. The van der Waals surface area contributed by atoms with E-state index in [1.165, 1.54) is 0 Å². The Bertz CT molecular complexity index is 556. The molecule has 2 nitrogen and oxygen atoms in total. The van der Waals surface area contributed by atoms with Gasteiger partial charge in [-0.25, -0.2) is 17.6 Å². The number of amides is 1. The lowest BCUT2D eigenvalue weighted by Gasteiger charge is -2.32. The maximum Gasteiger partial charge on any atom is 0.265 e. The lowest BCUT2D eigenvalue weighted by Crippen LogP contribution is -2.46. The Morgan fingerprint density at radius 1 is 1.35 bits per heavy atom. The van der Waals surface area contributed by atoms with Crippen molar-refractivity contribution >= 4 is 12.0 Å². The largest absolute Gasteiger partial charge is 0.332 e. The number of halogens is 4. The second kappa shape index (κ2) is 5.26. The highest BCUT2D eigenvalue weighted by atomic mass is 19.3. The van der Waals surface area contributed by atoms with Crippen LogP contribution in [0.4, 0.5) is 17.6 Å². The Labute approximate surface area is 113 Å². The van der Waals surface area contributed by atoms with Crippen molar-refractivity contribution < 1.29 is 22.4 Å². The molecule has 1 fully saturated rings. The van der Waals surface area contributed by atoms with Crippen LogP contribution in [0.3, 0.4) is 0 Å². The normalized spacial score (nSPS) is 17.9. The Hall–Kier alpha value is -1.85. The number of hydrogen-bond donors (Lipinski definition) is 0. The first-order valence-corrected chi connectivity index (χ1v) is 6.13. The van der Waals surface area contributed by atoms with Gasteiger partial charge in [-0.3, -0.25) is 4.79 Å². The van der Waals surface area contributed by atoms with E-state index in [-0.39, 0.29) is 24.9 Å². The molecule has 1 aliphatic rings. The van der Waals surface area contributed by atoms with Gasteiger partial charge in [0.15, 0.2) is 0 Å². The molecular weight excluding hydrogens is 274 g/mol. The zero-order chi connectivity index (χ0) is 14.9. The summed E-state index contributed by atoms with van der Waals surface area (Å²) in [4.78, 5) is 12.9. The minimum absolute atomic E-state index is 0.0430. The van der Waals surface area contributed by atoms with E-state index < -0.39 is 35.6 Å². The van der Waals surface area contributed by atoms with Gasteiger partial charge >= 0.3 is 0 Å². The van der Waals surface area contributed by atoms with Gasteiger partial charge in [0, 0.05) is 18.5 Å². The summed E-state index contributed by atoms with van der Waals surface area (Å²) in [5, 5.41) is 0. The first-order chi connectivity index (χ1) is 9.35. The number of alkyl halides is 2. The van der Waals surface area contributed by atoms with Crippen molar-refractivity contribution in [3.63, 3.8) is 0 Å². The molecule has 6 heteroatoms. The van der Waals surface area contributed by atoms with Gasteiger partial charge in [0.1, 0.15) is 17.2 Å². The van der Waals surface area contributed by atoms with Gasteiger partial charge in [0.2, 0.25) is 0 Å². The second-order valence-electron chi connectivity index (χ2n) is 4.72. The van der Waals surface area contributed by atoms with Crippen molar-refractivity contribution in [2.24, 2.45) is 0 Å². The van der Waals surface area contributed by atoms with Crippen molar-refractivity contribution in [2.75, 3.05) is 13.1 Å². The number of likely N-dealkylation sites (tertiary alicyclic amines) is 1. The molecule has 0 saturated carbocycles. The minimum Gasteiger partial charge on any atom is -0.332 e. The van der Waals surface area contributed by atoms with Crippen LogP contribution in [0.1, 0.15) is 28.8 Å². The van der Waals surface area contributed by atoms with E-state index >= 15 is 0 Å². The fraction of sp³-hybridized carbons (Fsp3) is 0.357. The Kier molecular flexibility index (Phi) is 3.83. The molecule has 0 spiro atoms. The average Bonchev–Trinajstić information content (AvgIpc) is 2.37. The van der Waals surface area contributed by atoms with Crippen molar-refractivity contribution in [1.29, 1.82) is 0 Å². The molecule has 2 rings (SSSR count). The number of piperidine rings is 1. The van der Waals surface area contributed by atoms with Crippen LogP contribution in [0, 0.1) is 11.6 Å². The molecule has 0 bridgehead atoms. The van der Waals surface area contributed by atoms with Crippen molar-refractivity contribution in [3.8, 4) is 0 Å². The third-order valence-electron chi connectivity index (χ3n) is 3.23. The number of carbonyl (C=O) groups excluding carboxylic acids is 1. The maximum atomic E-state index is 14.0. The number of nitrogens with zero attached hydrogens (tertiary/aromatic N) is 1. The van der Waals surface area contributed by atoms with Crippen molar-refractivity contribution in [2.45, 2.75) is 18.8 Å². The topological polar surface area (TPSA) is 20.3 Å². The summed E-state index contributed by atoms with van der Waals surface area (Å²) in [6.45, 7) is 2.59. The third-order valence-corrected chi connectivity index (χ3v) is 3.23. The van der Waals surface area contributed by atoms with Crippen molar-refractivity contribution in [3.05, 3.63) is 41.5 Å². The zero-order valence-corrected chi connectivity index (χ0v) is 10.6. The summed E-state index contributed by atoms with van der Waals surface area (Å²) in [6.07, 6.45) is 0.911. The smallest absolute Gasteiger partial charge is 0.265 e. The Morgan fingerprint density at radius 3 is 2.65 bits per heavy atom. The lowest BCUT2D eigenvalue weighted by molar-refractivity contribution is -0.0562. The first-order valence-electron chi connectivity index (χ1n) is 6.13. The van der Waals surface area contributed by atoms with Crippen LogP contribution in [0.2, 0.25) is 0 Å². The van der Waals surface area contributed by atoms with Crippen LogP contribution >= 0.6 is 0 Å². The summed E-state index contributed by atoms with van der Waals surface area (Å²) in [7, 11) is 0. The highest BCUT2D eigenvalue weighted by Gasteiger charge is 2.38. The second-order valence-corrected chi connectivity index (χ2v) is 4.72. The molecule has 0 radical (unpaired) electrons. The summed E-state index contributed by atoms with van der Waals surface area (Å²) in [6, 6.07) is 2.06. The number of rotatable bonds is 2. The molecule has 1 aliphatic heterocycles. The number of carbonyl (C=O) groups is 1. The maximum absolute atomic E-state index is 14.0. The molecule has 108 valence electrons. The van der Waals surface area contributed by atoms with E-state index in [1.807, 2.05) is 0 Å². The minimum atomic E-state index is -3.02. The van der Waals surface area contributed by atoms with Crippen LogP contribution in [0.25, 0.3) is 6.08 Å². The molecule has 1 heterocycles. The molecule has 20 heavy (non-hydrogen) atoms. The average molecular weight is 287 g/mol. The third kappa shape index (κ3) is 2.69. The molecule has 0 unspecified atom stereocenters. The van der Waals surface area contributed by atoms with Crippen LogP contribution in [-0.4, -0.2) is 29.8 Å². The van der Waals surface area contributed by atoms with E-state index in [0.29, 0.717) is 0 Å². The van der Waals surface area contributed by atoms with E-state index in [4.69, 9.17) is 0 Å². The van der Waals surface area contributed by atoms with Crippen LogP contribution in [0.5, 0.6) is 0 Å². The first kappa shape index (κ1) is 14.6. The van der Waals surface area contributed by atoms with E-state index in [2.05, 4.69) is 6.58 Å². The summed E-state index contributed by atoms with van der Waals surface area (Å²) in [5.74, 6) is -6.20. The van der Waals surface area contributed by atoms with Crippen LogP contribution in [0.15, 0.2) is 18.7 Å². The highest BCUT2D eigenvalue weighted by Crippen LogP contribution is 2.28. The quantitative estimate of drug-likeness (QED) is 0.763. The predicted molar refractivity (Wildman–Crippen MR) is 66.5 cm³/mol. The zero-order valence-electron chi connectivity index (χ0n) is 10.6. The van der Waals surface area contributed by atoms with E-state index in [0.717, 1.165) is 23.1 Å². The molecular formula is C14H13F4NO. The highest BCUT2D eigenvalue weighted by molar-refractivity contribution is 5.95. The summed E-state index contributed by atoms with van der Waals surface area (Å²) < 4.78 is 54.2. The van der Waals surface area contributed by atoms with Gasteiger partial charge in [0.25, 0.3) is 11.8 Å². The standard InChI is InChI=1S/C14H13F4NO/c1-2-9-4-5-10(15)11(12(9)16)13(20)19-7-3-6-14(17,18)8-19/h2,4-5H,1,3,6-8H2. The van der Waals surface area contributed by atoms with Crippen molar-refractivity contribution in [1.82, 2.24) is 4.90 Å². The molecule has 1 amide bonds. The van der Waals surface area contributed by atoms with Crippen LogP contribution < -0.4 is 0 Å². The summed E-state index contributed by atoms with van der Waals surface area (Å²) >= 11 is 0. The number of hydrogen-bond acceptors (Lipinski definition) is 1. The van der Waals surface area contributed by atoms with E-state index in [9.17, 15) is 22.4 Å². The molecule has 1 aromatic carbocycles. The van der Waals surface area contributed by atoms with Gasteiger partial charge in [-0.15, -0.1) is 0 Å². The Morgan fingerprint density at radius 2 is 2.05 bits per heavy atom. The fourth-order valence-electron chi connectivity index (χ4n) is 2.22. The molecule has 0 N–H and O–H groups in total. The van der Waals surface area contributed by atoms with E-state index in [1.54, 1.807) is 0 Å². The predicted octanol–water partition coefficient (Wildman–Crippen LogP) is 3.48. The van der Waals surface area contributed by atoms with Gasteiger partial charge in [0.05, 0.1) is 6.54 Å².